The Bertz CT molecular complexity index is 1020. The quantitative estimate of drug-likeness (QED) is 0.629. The normalized spacial score (nSPS) is 11.3. The van der Waals surface area contributed by atoms with Crippen LogP contribution in [0.5, 0.6) is 5.75 Å². The van der Waals surface area contributed by atoms with Crippen molar-refractivity contribution >= 4 is 5.52 Å². The molecule has 0 spiro atoms. The summed E-state index contributed by atoms with van der Waals surface area (Å²) in [7, 11) is 3.57. The van der Waals surface area contributed by atoms with Gasteiger partial charge < -0.3 is 4.74 Å². The zero-order chi connectivity index (χ0) is 16.8. The number of pyridine rings is 1. The Morgan fingerprint density at radius 2 is 1.92 bits per heavy atom. The van der Waals surface area contributed by atoms with Gasteiger partial charge in [-0.15, -0.1) is 0 Å². The second kappa shape index (κ2) is 5.23. The van der Waals surface area contributed by atoms with Gasteiger partial charge in [0.1, 0.15) is 11.3 Å². The van der Waals surface area contributed by atoms with Crippen molar-refractivity contribution in [1.29, 1.82) is 0 Å². The van der Waals surface area contributed by atoms with Crippen LogP contribution in [0.4, 0.5) is 0 Å². The molecule has 0 aliphatic heterocycles. The Morgan fingerprint density at radius 3 is 2.54 bits per heavy atom. The molecule has 0 atom stereocenters. The summed E-state index contributed by atoms with van der Waals surface area (Å²) < 4.78 is 9.28. The molecule has 1 N–H and O–H groups in total. The molecule has 0 fully saturated rings. The molecule has 7 nitrogen and oxygen atoms in total. The second-order valence-electron chi connectivity index (χ2n) is 5.86. The number of aromatic nitrogens is 6. The summed E-state index contributed by atoms with van der Waals surface area (Å²) in [6.07, 6.45) is 7.64. The molecule has 0 aliphatic carbocycles. The molecule has 0 bridgehead atoms. The molecule has 0 saturated heterocycles. The molecule has 4 heterocycles. The summed E-state index contributed by atoms with van der Waals surface area (Å²) in [6.45, 7) is 3.99. The van der Waals surface area contributed by atoms with Gasteiger partial charge in [-0.25, -0.2) is 4.52 Å². The Labute approximate surface area is 138 Å². The maximum Gasteiger partial charge on any atom is 0.145 e. The number of methoxy groups -OCH3 is 1. The average molecular weight is 322 g/mol. The van der Waals surface area contributed by atoms with Crippen molar-refractivity contribution in [3.63, 3.8) is 0 Å². The van der Waals surface area contributed by atoms with Gasteiger partial charge in [0.15, 0.2) is 0 Å². The Morgan fingerprint density at radius 1 is 1.08 bits per heavy atom. The van der Waals surface area contributed by atoms with Crippen molar-refractivity contribution in [2.24, 2.45) is 7.05 Å². The largest absolute Gasteiger partial charge is 0.494 e. The third-order valence-electron chi connectivity index (χ3n) is 4.23. The first-order chi connectivity index (χ1) is 11.6. The van der Waals surface area contributed by atoms with Gasteiger partial charge >= 0.3 is 0 Å². The molecule has 0 saturated carbocycles. The predicted molar refractivity (Wildman–Crippen MR) is 91.0 cm³/mol. The Hall–Kier alpha value is -3.09. The number of fused-ring (bicyclic) bond motifs is 1. The summed E-state index contributed by atoms with van der Waals surface area (Å²) in [5.74, 6) is 0.767. The lowest BCUT2D eigenvalue weighted by Crippen LogP contribution is -1.94. The van der Waals surface area contributed by atoms with Crippen LogP contribution in [0.3, 0.4) is 0 Å². The molecule has 4 aromatic rings. The van der Waals surface area contributed by atoms with Crippen LogP contribution >= 0.6 is 0 Å². The maximum absolute atomic E-state index is 5.65. The van der Waals surface area contributed by atoms with Crippen LogP contribution in [0.15, 0.2) is 30.9 Å². The zero-order valence-electron chi connectivity index (χ0n) is 14.0. The summed E-state index contributed by atoms with van der Waals surface area (Å²) in [5, 5.41) is 16.1. The zero-order valence-corrected chi connectivity index (χ0v) is 14.0. The van der Waals surface area contributed by atoms with Crippen LogP contribution < -0.4 is 4.74 Å². The van der Waals surface area contributed by atoms with Crippen LogP contribution in [-0.4, -0.2) is 36.7 Å². The fraction of sp³-hybridized carbons (Fsp3) is 0.235. The van der Waals surface area contributed by atoms with Crippen molar-refractivity contribution in [1.82, 2.24) is 29.6 Å². The van der Waals surface area contributed by atoms with Gasteiger partial charge in [0.2, 0.25) is 0 Å². The molecule has 0 aliphatic rings. The third kappa shape index (κ3) is 2.09. The smallest absolute Gasteiger partial charge is 0.145 e. The van der Waals surface area contributed by atoms with E-state index in [1.54, 1.807) is 11.8 Å². The molecule has 0 amide bonds. The standard InChI is InChI=1S/C17H18N6O/c1-10-16(11(2)21-20-10)14-7-19-23-9-12(5-15(24-4)17(14)23)13-6-18-22(3)8-13/h5-9H,1-4H3,(H,20,21). The van der Waals surface area contributed by atoms with Gasteiger partial charge in [-0.05, 0) is 19.9 Å². The fourth-order valence-electron chi connectivity index (χ4n) is 3.10. The molecular formula is C17H18N6O. The highest BCUT2D eigenvalue weighted by atomic mass is 16.5. The topological polar surface area (TPSA) is 73.0 Å². The van der Waals surface area contributed by atoms with Crippen molar-refractivity contribution in [2.45, 2.75) is 13.8 Å². The second-order valence-corrected chi connectivity index (χ2v) is 5.86. The summed E-state index contributed by atoms with van der Waals surface area (Å²) in [6, 6.07) is 2.02. The summed E-state index contributed by atoms with van der Waals surface area (Å²) in [5.41, 5.74) is 6.98. The van der Waals surface area contributed by atoms with Gasteiger partial charge in [0.05, 0.1) is 25.2 Å². The van der Waals surface area contributed by atoms with Crippen LogP contribution in [-0.2, 0) is 7.05 Å². The lowest BCUT2D eigenvalue weighted by atomic mass is 10.0. The number of aryl methyl sites for hydroxylation is 3. The number of H-pyrrole nitrogens is 1. The van der Waals surface area contributed by atoms with Gasteiger partial charge in [-0.2, -0.15) is 15.3 Å². The van der Waals surface area contributed by atoms with E-state index in [4.69, 9.17) is 4.74 Å². The Balaban J connectivity index is 1.97. The molecule has 0 aromatic carbocycles. The van der Waals surface area contributed by atoms with Gasteiger partial charge in [-0.3, -0.25) is 9.78 Å². The molecule has 4 aromatic heterocycles. The van der Waals surface area contributed by atoms with E-state index in [-0.39, 0.29) is 0 Å². The highest BCUT2D eigenvalue weighted by Gasteiger charge is 2.18. The third-order valence-corrected chi connectivity index (χ3v) is 4.23. The number of hydrogen-bond donors (Lipinski definition) is 1. The van der Waals surface area contributed by atoms with Crippen molar-refractivity contribution in [2.75, 3.05) is 7.11 Å². The van der Waals surface area contributed by atoms with Gasteiger partial charge in [0.25, 0.3) is 0 Å². The highest BCUT2D eigenvalue weighted by molar-refractivity contribution is 5.88. The first-order valence-electron chi connectivity index (χ1n) is 7.65. The van der Waals surface area contributed by atoms with E-state index in [9.17, 15) is 0 Å². The summed E-state index contributed by atoms with van der Waals surface area (Å²) >= 11 is 0. The maximum atomic E-state index is 5.65. The highest BCUT2D eigenvalue weighted by Crippen LogP contribution is 2.36. The van der Waals surface area contributed by atoms with Gasteiger partial charge in [0, 0.05) is 47.4 Å². The molecule has 7 heteroatoms. The number of aromatic amines is 1. The van der Waals surface area contributed by atoms with E-state index in [0.717, 1.165) is 44.9 Å². The molecule has 0 unspecified atom stereocenters. The minimum absolute atomic E-state index is 0.767. The fourth-order valence-corrected chi connectivity index (χ4v) is 3.10. The number of rotatable bonds is 3. The molecule has 4 rings (SSSR count). The summed E-state index contributed by atoms with van der Waals surface area (Å²) in [4.78, 5) is 0. The van der Waals surface area contributed by atoms with E-state index in [1.165, 1.54) is 0 Å². The van der Waals surface area contributed by atoms with Crippen molar-refractivity contribution in [3.05, 3.63) is 42.2 Å². The van der Waals surface area contributed by atoms with Crippen molar-refractivity contribution < 1.29 is 4.74 Å². The number of ether oxygens (including phenoxy) is 1. The predicted octanol–water partition coefficient (Wildman–Crippen LogP) is 2.75. The molecule has 0 radical (unpaired) electrons. The lowest BCUT2D eigenvalue weighted by molar-refractivity contribution is 0.418. The van der Waals surface area contributed by atoms with Gasteiger partial charge in [-0.1, -0.05) is 0 Å². The van der Waals surface area contributed by atoms with Crippen LogP contribution in [0.25, 0.3) is 27.8 Å². The van der Waals surface area contributed by atoms with Crippen LogP contribution in [0, 0.1) is 13.8 Å². The van der Waals surface area contributed by atoms with Crippen molar-refractivity contribution in [3.8, 4) is 28.0 Å². The SMILES string of the molecule is COc1cc(-c2cnn(C)c2)cn2ncc(-c3c(C)n[nH]c3C)c12. The molecular weight excluding hydrogens is 304 g/mol. The van der Waals surface area contributed by atoms with Crippen LogP contribution in [0.2, 0.25) is 0 Å². The van der Waals surface area contributed by atoms with Crippen LogP contribution in [0.1, 0.15) is 11.4 Å². The van der Waals surface area contributed by atoms with E-state index < -0.39 is 0 Å². The molecule has 122 valence electrons. The minimum atomic E-state index is 0.767. The van der Waals surface area contributed by atoms with E-state index in [0.29, 0.717) is 0 Å². The Kier molecular flexibility index (Phi) is 3.16. The lowest BCUT2D eigenvalue weighted by Gasteiger charge is -2.08. The first kappa shape index (κ1) is 14.5. The minimum Gasteiger partial charge on any atom is -0.494 e. The van der Waals surface area contributed by atoms with E-state index in [1.807, 2.05) is 56.3 Å². The monoisotopic (exact) mass is 322 g/mol. The molecule has 24 heavy (non-hydrogen) atoms. The number of nitrogens with zero attached hydrogens (tertiary/aromatic N) is 5. The van der Waals surface area contributed by atoms with E-state index >= 15 is 0 Å². The number of hydrogen-bond acceptors (Lipinski definition) is 4. The average Bonchev–Trinajstić information content (AvgIpc) is 3.26. The number of nitrogens with one attached hydrogen (secondary N) is 1. The first-order valence-corrected chi connectivity index (χ1v) is 7.65. The van der Waals surface area contributed by atoms with E-state index in [2.05, 4.69) is 20.4 Å².